The Labute approximate surface area is 140 Å². The summed E-state index contributed by atoms with van der Waals surface area (Å²) in [6.07, 6.45) is 4.43. The molecule has 5 heteroatoms. The van der Waals surface area contributed by atoms with Crippen LogP contribution in [0, 0.1) is 12.8 Å². The highest BCUT2D eigenvalue weighted by Crippen LogP contribution is 2.64. The Kier molecular flexibility index (Phi) is 4.11. The van der Waals surface area contributed by atoms with Crippen molar-refractivity contribution < 1.29 is 9.53 Å². The van der Waals surface area contributed by atoms with Crippen molar-refractivity contribution >= 4 is 17.6 Å². The van der Waals surface area contributed by atoms with Gasteiger partial charge in [-0.3, -0.25) is 4.79 Å². The van der Waals surface area contributed by atoms with Crippen molar-refractivity contribution in [2.24, 2.45) is 5.92 Å². The first kappa shape index (κ1) is 15.9. The van der Waals surface area contributed by atoms with Crippen LogP contribution >= 0.6 is 11.6 Å². The summed E-state index contributed by atoms with van der Waals surface area (Å²) < 4.78 is 4.87. The van der Waals surface area contributed by atoms with E-state index in [0.29, 0.717) is 5.82 Å². The minimum atomic E-state index is -0.925. The van der Waals surface area contributed by atoms with Crippen molar-refractivity contribution in [3.63, 3.8) is 0 Å². The molecule has 1 heterocycles. The summed E-state index contributed by atoms with van der Waals surface area (Å²) in [6.45, 7) is 4.00. The molecule has 1 aliphatic carbocycles. The zero-order valence-electron chi connectivity index (χ0n) is 13.4. The summed E-state index contributed by atoms with van der Waals surface area (Å²) in [5.74, 6) is 0.449. The van der Waals surface area contributed by atoms with E-state index < -0.39 is 4.87 Å². The van der Waals surface area contributed by atoms with E-state index in [2.05, 4.69) is 9.97 Å². The molecule has 1 aromatic carbocycles. The fraction of sp³-hybridized carbons (Fsp3) is 0.389. The second kappa shape index (κ2) is 5.93. The number of rotatable bonds is 4. The highest BCUT2D eigenvalue weighted by molar-refractivity contribution is 6.38. The standard InChI is InChI=1S/C18H19ClN2O2/c1-4-14-15(18(14,19)17(22)23-3)12-5-7-13(8-6-12)16-20-9-11(2)10-21-16/h5-10,14-15H,4H2,1-3H3. The maximum absolute atomic E-state index is 12.0. The highest BCUT2D eigenvalue weighted by Gasteiger charge is 2.69. The maximum Gasteiger partial charge on any atom is 0.327 e. The number of benzene rings is 1. The van der Waals surface area contributed by atoms with Crippen molar-refractivity contribution in [3.8, 4) is 11.4 Å². The number of carbonyl (C=O) groups excluding carboxylic acids is 1. The van der Waals surface area contributed by atoms with Gasteiger partial charge in [0.25, 0.3) is 0 Å². The summed E-state index contributed by atoms with van der Waals surface area (Å²) in [6, 6.07) is 7.94. The van der Waals surface area contributed by atoms with Crippen molar-refractivity contribution in [2.75, 3.05) is 7.11 Å². The van der Waals surface area contributed by atoms with Crippen LogP contribution in [0.3, 0.4) is 0 Å². The average Bonchev–Trinajstić information content (AvgIpc) is 3.21. The molecule has 0 saturated heterocycles. The Morgan fingerprint density at radius 2 is 1.87 bits per heavy atom. The van der Waals surface area contributed by atoms with Crippen LogP contribution in [0.2, 0.25) is 0 Å². The second-order valence-corrected chi connectivity index (χ2v) is 6.58. The highest BCUT2D eigenvalue weighted by atomic mass is 35.5. The number of nitrogens with zero attached hydrogens (tertiary/aromatic N) is 2. The van der Waals surface area contributed by atoms with Gasteiger partial charge in [0.2, 0.25) is 0 Å². The maximum atomic E-state index is 12.0. The fourth-order valence-electron chi connectivity index (χ4n) is 3.25. The van der Waals surface area contributed by atoms with Gasteiger partial charge in [-0.25, -0.2) is 9.97 Å². The monoisotopic (exact) mass is 330 g/mol. The van der Waals surface area contributed by atoms with E-state index in [1.807, 2.05) is 38.1 Å². The van der Waals surface area contributed by atoms with Gasteiger partial charge in [0.15, 0.2) is 10.7 Å². The van der Waals surface area contributed by atoms with Crippen LogP contribution in [0.15, 0.2) is 36.7 Å². The van der Waals surface area contributed by atoms with Gasteiger partial charge < -0.3 is 4.74 Å². The second-order valence-electron chi connectivity index (χ2n) is 5.96. The number of halogens is 1. The molecule has 120 valence electrons. The largest absolute Gasteiger partial charge is 0.468 e. The number of hydrogen-bond donors (Lipinski definition) is 0. The molecular weight excluding hydrogens is 312 g/mol. The molecule has 0 N–H and O–H groups in total. The molecule has 0 spiro atoms. The van der Waals surface area contributed by atoms with Gasteiger partial charge >= 0.3 is 5.97 Å². The van der Waals surface area contributed by atoms with Crippen LogP contribution in [0.4, 0.5) is 0 Å². The summed E-state index contributed by atoms with van der Waals surface area (Å²) >= 11 is 6.54. The van der Waals surface area contributed by atoms with Crippen molar-refractivity contribution in [1.29, 1.82) is 0 Å². The molecule has 3 atom stereocenters. The van der Waals surface area contributed by atoms with Crippen LogP contribution in [0.25, 0.3) is 11.4 Å². The summed E-state index contributed by atoms with van der Waals surface area (Å²) in [5.41, 5.74) is 3.02. The van der Waals surface area contributed by atoms with Crippen molar-refractivity contribution in [1.82, 2.24) is 9.97 Å². The molecule has 4 nitrogen and oxygen atoms in total. The molecule has 0 bridgehead atoms. The molecule has 2 aromatic rings. The van der Waals surface area contributed by atoms with E-state index in [-0.39, 0.29) is 17.8 Å². The third kappa shape index (κ3) is 2.61. The first-order valence-electron chi connectivity index (χ1n) is 7.68. The SMILES string of the molecule is CCC1C(c2ccc(-c3ncc(C)cn3)cc2)C1(Cl)C(=O)OC. The predicted molar refractivity (Wildman–Crippen MR) is 89.3 cm³/mol. The lowest BCUT2D eigenvalue weighted by Crippen LogP contribution is -2.21. The molecule has 23 heavy (non-hydrogen) atoms. The van der Waals surface area contributed by atoms with Gasteiger partial charge in [0, 0.05) is 23.9 Å². The van der Waals surface area contributed by atoms with Gasteiger partial charge in [-0.15, -0.1) is 11.6 Å². The minimum absolute atomic E-state index is 0.00500. The Balaban J connectivity index is 1.85. The molecule has 0 aliphatic heterocycles. The third-order valence-electron chi connectivity index (χ3n) is 4.53. The lowest BCUT2D eigenvalue weighted by molar-refractivity contribution is -0.141. The number of carbonyl (C=O) groups is 1. The topological polar surface area (TPSA) is 52.1 Å². The Morgan fingerprint density at radius 1 is 1.26 bits per heavy atom. The van der Waals surface area contributed by atoms with Gasteiger partial charge in [-0.1, -0.05) is 37.6 Å². The summed E-state index contributed by atoms with van der Waals surface area (Å²) in [7, 11) is 1.38. The smallest absolute Gasteiger partial charge is 0.327 e. The Morgan fingerprint density at radius 3 is 2.39 bits per heavy atom. The van der Waals surface area contributed by atoms with Crippen LogP contribution in [-0.4, -0.2) is 27.9 Å². The van der Waals surface area contributed by atoms with E-state index in [0.717, 1.165) is 23.1 Å². The van der Waals surface area contributed by atoms with E-state index in [9.17, 15) is 4.79 Å². The quantitative estimate of drug-likeness (QED) is 0.633. The number of methoxy groups -OCH3 is 1. The third-order valence-corrected chi connectivity index (χ3v) is 5.20. The average molecular weight is 331 g/mol. The normalized spacial score (nSPS) is 25.9. The minimum Gasteiger partial charge on any atom is -0.468 e. The van der Waals surface area contributed by atoms with E-state index >= 15 is 0 Å². The molecule has 1 fully saturated rings. The zero-order valence-corrected chi connectivity index (χ0v) is 14.2. The molecule has 0 amide bonds. The Bertz CT molecular complexity index is 715. The lowest BCUT2D eigenvalue weighted by Gasteiger charge is -2.07. The van der Waals surface area contributed by atoms with Crippen LogP contribution < -0.4 is 0 Å². The zero-order chi connectivity index (χ0) is 16.6. The first-order chi connectivity index (χ1) is 11.0. The number of hydrogen-bond acceptors (Lipinski definition) is 4. The summed E-state index contributed by atoms with van der Waals surface area (Å²) in [4.78, 5) is 19.7. The van der Waals surface area contributed by atoms with E-state index in [1.165, 1.54) is 7.11 Å². The van der Waals surface area contributed by atoms with Crippen molar-refractivity contribution in [2.45, 2.75) is 31.1 Å². The van der Waals surface area contributed by atoms with Gasteiger partial charge in [-0.05, 0) is 24.0 Å². The molecule has 0 radical (unpaired) electrons. The first-order valence-corrected chi connectivity index (χ1v) is 8.06. The number of esters is 1. The van der Waals surface area contributed by atoms with Crippen LogP contribution in [-0.2, 0) is 9.53 Å². The number of alkyl halides is 1. The molecular formula is C18H19ClN2O2. The molecule has 1 aliphatic rings. The van der Waals surface area contributed by atoms with Crippen LogP contribution in [0.1, 0.15) is 30.4 Å². The number of ether oxygens (including phenoxy) is 1. The summed E-state index contributed by atoms with van der Waals surface area (Å²) in [5, 5.41) is 0. The fourth-order valence-corrected chi connectivity index (χ4v) is 3.82. The van der Waals surface area contributed by atoms with Crippen LogP contribution in [0.5, 0.6) is 0 Å². The predicted octanol–water partition coefficient (Wildman–Crippen LogP) is 3.73. The number of aryl methyl sites for hydroxylation is 1. The number of aromatic nitrogens is 2. The van der Waals surface area contributed by atoms with E-state index in [1.54, 1.807) is 12.4 Å². The van der Waals surface area contributed by atoms with Crippen molar-refractivity contribution in [3.05, 3.63) is 47.8 Å². The molecule has 3 rings (SSSR count). The van der Waals surface area contributed by atoms with Gasteiger partial charge in [-0.2, -0.15) is 0 Å². The Hall–Kier alpha value is -1.94. The molecule has 1 aromatic heterocycles. The molecule has 1 saturated carbocycles. The van der Waals surface area contributed by atoms with Gasteiger partial charge in [0.05, 0.1) is 7.11 Å². The lowest BCUT2D eigenvalue weighted by atomic mass is 10.0. The molecule has 3 unspecified atom stereocenters. The van der Waals surface area contributed by atoms with E-state index in [4.69, 9.17) is 16.3 Å². The van der Waals surface area contributed by atoms with Gasteiger partial charge in [0.1, 0.15) is 0 Å².